The predicted molar refractivity (Wildman–Crippen MR) is 87.9 cm³/mol. The van der Waals surface area contributed by atoms with E-state index in [2.05, 4.69) is 5.32 Å². The van der Waals surface area contributed by atoms with Gasteiger partial charge < -0.3 is 10.4 Å². The average Bonchev–Trinajstić information content (AvgIpc) is 3.28. The molecule has 124 valence electrons. The molecule has 0 aromatic heterocycles. The third kappa shape index (κ3) is 3.33. The van der Waals surface area contributed by atoms with Crippen LogP contribution in [0.4, 0.5) is 14.9 Å². The zero-order valence-electron chi connectivity index (χ0n) is 12.5. The summed E-state index contributed by atoms with van der Waals surface area (Å²) in [6, 6.07) is 10.5. The smallest absolute Gasteiger partial charge is 0.409 e. The van der Waals surface area contributed by atoms with Gasteiger partial charge in [0.25, 0.3) is 5.91 Å². The van der Waals surface area contributed by atoms with E-state index in [1.165, 1.54) is 6.07 Å². The first kappa shape index (κ1) is 16.3. The van der Waals surface area contributed by atoms with Crippen LogP contribution in [0.2, 0.25) is 5.02 Å². The first-order valence-corrected chi connectivity index (χ1v) is 7.65. The second-order valence-corrected chi connectivity index (χ2v) is 6.10. The van der Waals surface area contributed by atoms with Crippen molar-refractivity contribution >= 4 is 29.3 Å². The van der Waals surface area contributed by atoms with E-state index in [0.29, 0.717) is 5.02 Å². The first-order chi connectivity index (χ1) is 11.4. The van der Waals surface area contributed by atoms with E-state index in [0.717, 1.165) is 30.5 Å². The summed E-state index contributed by atoms with van der Waals surface area (Å²) in [6.07, 6.45) is 0.167. The van der Waals surface area contributed by atoms with E-state index in [1.54, 1.807) is 12.1 Å². The summed E-state index contributed by atoms with van der Waals surface area (Å²) in [5, 5.41) is 14.4. The number of rotatable bonds is 4. The Morgan fingerprint density at radius 1 is 1.12 bits per heavy atom. The number of carbonyl (C=O) groups excluding carboxylic acids is 1. The Hall–Kier alpha value is -2.60. The number of amides is 2. The van der Waals surface area contributed by atoms with Crippen LogP contribution in [0.3, 0.4) is 0 Å². The molecule has 0 aliphatic heterocycles. The van der Waals surface area contributed by atoms with Gasteiger partial charge in [-0.2, -0.15) is 0 Å². The van der Waals surface area contributed by atoms with Crippen molar-refractivity contribution in [1.82, 2.24) is 5.32 Å². The fraction of sp³-hybridized carbons (Fsp3) is 0.176. The van der Waals surface area contributed by atoms with Gasteiger partial charge in [0.05, 0.1) is 16.8 Å². The molecular weight excluding hydrogens is 335 g/mol. The van der Waals surface area contributed by atoms with E-state index in [9.17, 15) is 14.0 Å². The Kier molecular flexibility index (Phi) is 4.15. The van der Waals surface area contributed by atoms with Gasteiger partial charge in [0.2, 0.25) is 0 Å². The van der Waals surface area contributed by atoms with Gasteiger partial charge >= 0.3 is 6.09 Å². The summed E-state index contributed by atoms with van der Waals surface area (Å²) in [5.74, 6) is -1.10. The van der Waals surface area contributed by atoms with E-state index in [1.807, 2.05) is 17.4 Å². The van der Waals surface area contributed by atoms with E-state index in [4.69, 9.17) is 16.7 Å². The number of anilines is 1. The highest BCUT2D eigenvalue weighted by atomic mass is 35.5. The van der Waals surface area contributed by atoms with Crippen LogP contribution in [0.25, 0.3) is 0 Å². The highest BCUT2D eigenvalue weighted by Gasteiger charge is 2.45. The lowest BCUT2D eigenvalue weighted by atomic mass is 10.0. The molecule has 3 N–H and O–H groups in total. The fourth-order valence-electron chi connectivity index (χ4n) is 2.60. The van der Waals surface area contributed by atoms with Gasteiger partial charge in [-0.05, 0) is 48.7 Å². The maximum atomic E-state index is 13.3. The molecule has 2 amide bonds. The van der Waals surface area contributed by atoms with Crippen LogP contribution in [0.1, 0.15) is 28.8 Å². The highest BCUT2D eigenvalue weighted by molar-refractivity contribution is 6.30. The molecule has 7 heteroatoms. The van der Waals surface area contributed by atoms with Gasteiger partial charge in [0.15, 0.2) is 0 Å². The lowest BCUT2D eigenvalue weighted by Gasteiger charge is -2.19. The van der Waals surface area contributed by atoms with E-state index >= 15 is 0 Å². The number of halogens is 2. The minimum Gasteiger partial charge on any atom is -0.465 e. The van der Waals surface area contributed by atoms with Crippen molar-refractivity contribution in [3.05, 3.63) is 64.4 Å². The molecule has 0 heterocycles. The molecule has 3 rings (SSSR count). The van der Waals surface area contributed by atoms with Crippen molar-refractivity contribution in [2.75, 3.05) is 5.32 Å². The minimum absolute atomic E-state index is 0.0686. The molecule has 0 unspecified atom stereocenters. The zero-order chi connectivity index (χ0) is 17.3. The lowest BCUT2D eigenvalue weighted by Crippen LogP contribution is -2.35. The molecule has 0 bridgehead atoms. The Balaban J connectivity index is 1.85. The molecule has 1 aliphatic carbocycles. The summed E-state index contributed by atoms with van der Waals surface area (Å²) in [5.41, 5.74) is 0.414. The third-order valence-corrected chi connectivity index (χ3v) is 4.22. The number of nitrogens with one attached hydrogen (secondary N) is 2. The Morgan fingerprint density at radius 3 is 2.38 bits per heavy atom. The summed E-state index contributed by atoms with van der Waals surface area (Å²) in [4.78, 5) is 23.4. The fourth-order valence-corrected chi connectivity index (χ4v) is 2.72. The Labute approximate surface area is 142 Å². The van der Waals surface area contributed by atoms with Crippen LogP contribution in [0.5, 0.6) is 0 Å². The summed E-state index contributed by atoms with van der Waals surface area (Å²) in [6.45, 7) is 0. The van der Waals surface area contributed by atoms with Crippen LogP contribution in [0, 0.1) is 5.82 Å². The number of carboxylic acid groups (broad SMARTS) is 1. The summed E-state index contributed by atoms with van der Waals surface area (Å²) in [7, 11) is 0. The second-order valence-electron chi connectivity index (χ2n) is 5.66. The minimum atomic E-state index is -1.37. The van der Waals surface area contributed by atoms with Crippen molar-refractivity contribution in [2.45, 2.75) is 18.4 Å². The maximum absolute atomic E-state index is 13.3. The van der Waals surface area contributed by atoms with Crippen molar-refractivity contribution in [1.29, 1.82) is 0 Å². The van der Waals surface area contributed by atoms with Crippen molar-refractivity contribution in [3.63, 3.8) is 0 Å². The number of hydrogen-bond acceptors (Lipinski definition) is 2. The summed E-state index contributed by atoms with van der Waals surface area (Å²) < 4.78 is 13.3. The molecular formula is C17H14ClFN2O3. The average molecular weight is 349 g/mol. The van der Waals surface area contributed by atoms with Crippen molar-refractivity contribution in [3.8, 4) is 0 Å². The SMILES string of the molecule is O=C(O)Nc1cc(F)ccc1C(=O)NC1(c2ccc(Cl)cc2)CC1. The lowest BCUT2D eigenvalue weighted by molar-refractivity contribution is 0.0931. The predicted octanol–water partition coefficient (Wildman–Crippen LogP) is 3.99. The topological polar surface area (TPSA) is 78.4 Å². The molecule has 1 fully saturated rings. The zero-order valence-corrected chi connectivity index (χ0v) is 13.2. The first-order valence-electron chi connectivity index (χ1n) is 7.28. The molecule has 0 spiro atoms. The van der Waals surface area contributed by atoms with Crippen molar-refractivity contribution in [2.24, 2.45) is 0 Å². The Morgan fingerprint density at radius 2 is 1.79 bits per heavy atom. The Bertz CT molecular complexity index is 804. The van der Waals surface area contributed by atoms with Gasteiger partial charge in [-0.15, -0.1) is 0 Å². The molecule has 1 aliphatic rings. The van der Waals surface area contributed by atoms with Gasteiger partial charge in [-0.1, -0.05) is 23.7 Å². The standard InChI is InChI=1S/C17H14ClFN2O3/c18-11-3-1-10(2-4-11)17(7-8-17)21-15(22)13-6-5-12(19)9-14(13)20-16(23)24/h1-6,9,20H,7-8H2,(H,21,22)(H,23,24). The highest BCUT2D eigenvalue weighted by Crippen LogP contribution is 2.46. The van der Waals surface area contributed by atoms with Gasteiger partial charge in [-0.25, -0.2) is 9.18 Å². The van der Waals surface area contributed by atoms with Crippen LogP contribution in [-0.4, -0.2) is 17.1 Å². The molecule has 0 radical (unpaired) electrons. The van der Waals surface area contributed by atoms with Crippen LogP contribution < -0.4 is 10.6 Å². The van der Waals surface area contributed by atoms with Crippen molar-refractivity contribution < 1.29 is 19.1 Å². The van der Waals surface area contributed by atoms with E-state index in [-0.39, 0.29) is 11.3 Å². The molecule has 0 saturated heterocycles. The van der Waals surface area contributed by atoms with Crippen LogP contribution in [0.15, 0.2) is 42.5 Å². The largest absolute Gasteiger partial charge is 0.465 e. The van der Waals surface area contributed by atoms with Gasteiger partial charge in [0.1, 0.15) is 5.82 Å². The van der Waals surface area contributed by atoms with E-state index < -0.39 is 23.4 Å². The number of carbonyl (C=O) groups is 2. The number of hydrogen-bond donors (Lipinski definition) is 3. The molecule has 24 heavy (non-hydrogen) atoms. The van der Waals surface area contributed by atoms with Gasteiger partial charge in [-0.3, -0.25) is 10.1 Å². The van der Waals surface area contributed by atoms with Gasteiger partial charge in [0, 0.05) is 5.02 Å². The molecule has 2 aromatic rings. The van der Waals surface area contributed by atoms with Crippen LogP contribution >= 0.6 is 11.6 Å². The second kappa shape index (κ2) is 6.13. The molecule has 1 saturated carbocycles. The quantitative estimate of drug-likeness (QED) is 0.781. The molecule has 5 nitrogen and oxygen atoms in total. The monoisotopic (exact) mass is 348 g/mol. The molecule has 0 atom stereocenters. The maximum Gasteiger partial charge on any atom is 0.409 e. The number of benzene rings is 2. The third-order valence-electron chi connectivity index (χ3n) is 3.97. The summed E-state index contributed by atoms with van der Waals surface area (Å²) >= 11 is 5.88. The molecule has 2 aromatic carbocycles. The van der Waals surface area contributed by atoms with Crippen LogP contribution in [-0.2, 0) is 5.54 Å². The normalized spacial score (nSPS) is 14.8.